The predicted molar refractivity (Wildman–Crippen MR) is 73.7 cm³/mol. The van der Waals surface area contributed by atoms with E-state index in [0.717, 1.165) is 10.1 Å². The van der Waals surface area contributed by atoms with E-state index in [1.54, 1.807) is 24.4 Å². The Kier molecular flexibility index (Phi) is 3.16. The van der Waals surface area contributed by atoms with E-state index in [1.165, 1.54) is 6.20 Å². The van der Waals surface area contributed by atoms with E-state index in [-0.39, 0.29) is 5.56 Å². The summed E-state index contributed by atoms with van der Waals surface area (Å²) in [5, 5.41) is 4.34. The van der Waals surface area contributed by atoms with Crippen LogP contribution in [-0.4, -0.2) is 20.7 Å². The highest BCUT2D eigenvalue weighted by molar-refractivity contribution is 5.85. The average Bonchev–Trinajstić information content (AvgIpc) is 3.02. The molecule has 0 fully saturated rings. The Labute approximate surface area is 122 Å². The Hall–Kier alpha value is -2.77. The summed E-state index contributed by atoms with van der Waals surface area (Å²) in [7, 11) is 0. The average molecular weight is 308 g/mol. The first-order valence-electron chi connectivity index (χ1n) is 6.35. The minimum absolute atomic E-state index is 0.0924. The van der Waals surface area contributed by atoms with Crippen molar-refractivity contribution in [2.45, 2.75) is 12.7 Å². The monoisotopic (exact) mass is 308 g/mol. The molecule has 0 radical (unpaired) electrons. The number of carbonyl (C=O) groups excluding carboxylic acids is 1. The van der Waals surface area contributed by atoms with Crippen LogP contribution in [0.25, 0.3) is 22.0 Å². The number of primary amides is 1. The quantitative estimate of drug-likeness (QED) is 0.780. The van der Waals surface area contributed by atoms with E-state index in [9.17, 15) is 18.0 Å². The first-order chi connectivity index (χ1) is 10.3. The molecule has 0 unspecified atom stereocenters. The maximum Gasteiger partial charge on any atom is 0.435 e. The smallest absolute Gasteiger partial charge is 0.368 e. The number of alkyl halides is 3. The molecule has 0 aliphatic carbocycles. The standard InChI is InChI=1S/C14H11F3N4O/c15-14(16,17)13-10(6-21(20-13)7-12(18)22)9-2-1-8-3-4-19-11(8)5-9/h1-6,19H,7H2,(H2,18,22). The Bertz CT molecular complexity index is 847. The Balaban J connectivity index is 2.14. The van der Waals surface area contributed by atoms with Crippen LogP contribution in [-0.2, 0) is 17.5 Å². The number of carbonyl (C=O) groups is 1. The molecule has 2 heterocycles. The van der Waals surface area contributed by atoms with Crippen LogP contribution >= 0.6 is 0 Å². The minimum Gasteiger partial charge on any atom is -0.368 e. The molecule has 0 spiro atoms. The Morgan fingerprint density at radius 2 is 2.09 bits per heavy atom. The van der Waals surface area contributed by atoms with Crippen LogP contribution in [0.1, 0.15) is 5.69 Å². The molecule has 0 saturated heterocycles. The van der Waals surface area contributed by atoms with Crippen LogP contribution in [0.5, 0.6) is 0 Å². The van der Waals surface area contributed by atoms with Gasteiger partial charge in [0.2, 0.25) is 5.91 Å². The Morgan fingerprint density at radius 1 is 1.32 bits per heavy atom. The number of nitrogens with two attached hydrogens (primary N) is 1. The molecule has 0 bridgehead atoms. The zero-order valence-electron chi connectivity index (χ0n) is 11.2. The lowest BCUT2D eigenvalue weighted by atomic mass is 10.0. The molecular formula is C14H11F3N4O. The molecule has 5 nitrogen and oxygen atoms in total. The van der Waals surface area contributed by atoms with Crippen molar-refractivity contribution in [2.24, 2.45) is 5.73 Å². The number of benzene rings is 1. The van der Waals surface area contributed by atoms with Crippen molar-refractivity contribution in [3.63, 3.8) is 0 Å². The molecule has 1 amide bonds. The van der Waals surface area contributed by atoms with Crippen molar-refractivity contribution in [3.8, 4) is 11.1 Å². The van der Waals surface area contributed by atoms with Crippen molar-refractivity contribution in [1.29, 1.82) is 0 Å². The molecule has 3 N–H and O–H groups in total. The van der Waals surface area contributed by atoms with Crippen molar-refractivity contribution in [2.75, 3.05) is 0 Å². The summed E-state index contributed by atoms with van der Waals surface area (Å²) in [5.74, 6) is -0.761. The van der Waals surface area contributed by atoms with Crippen molar-refractivity contribution >= 4 is 16.8 Å². The summed E-state index contributed by atoms with van der Waals surface area (Å²) in [5.41, 5.74) is 4.95. The van der Waals surface area contributed by atoms with Gasteiger partial charge in [-0.05, 0) is 23.1 Å². The molecule has 0 saturated carbocycles. The highest BCUT2D eigenvalue weighted by Crippen LogP contribution is 2.36. The molecule has 0 aliphatic rings. The first-order valence-corrected chi connectivity index (χ1v) is 6.35. The first kappa shape index (κ1) is 14.2. The normalized spacial score (nSPS) is 12.0. The van der Waals surface area contributed by atoms with Gasteiger partial charge in [-0.3, -0.25) is 9.48 Å². The van der Waals surface area contributed by atoms with E-state index in [4.69, 9.17) is 5.73 Å². The van der Waals surface area contributed by atoms with E-state index < -0.39 is 24.3 Å². The number of nitrogens with one attached hydrogen (secondary N) is 1. The number of hydrogen-bond acceptors (Lipinski definition) is 2. The fourth-order valence-electron chi connectivity index (χ4n) is 2.30. The number of amides is 1. The summed E-state index contributed by atoms with van der Waals surface area (Å²) < 4.78 is 40.3. The lowest BCUT2D eigenvalue weighted by Gasteiger charge is -2.06. The number of aromatic nitrogens is 3. The third-order valence-electron chi connectivity index (χ3n) is 3.21. The van der Waals surface area contributed by atoms with E-state index in [1.807, 2.05) is 6.07 Å². The van der Waals surface area contributed by atoms with Crippen LogP contribution in [0.4, 0.5) is 13.2 Å². The van der Waals surface area contributed by atoms with Gasteiger partial charge in [0.15, 0.2) is 5.69 Å². The number of halogens is 3. The summed E-state index contributed by atoms with van der Waals surface area (Å²) in [6.45, 7) is -0.409. The van der Waals surface area contributed by atoms with Gasteiger partial charge in [-0.2, -0.15) is 18.3 Å². The third-order valence-corrected chi connectivity index (χ3v) is 3.21. The van der Waals surface area contributed by atoms with Gasteiger partial charge in [0, 0.05) is 23.5 Å². The maximum absolute atomic E-state index is 13.1. The number of nitrogens with zero attached hydrogens (tertiary/aromatic N) is 2. The summed E-state index contributed by atoms with van der Waals surface area (Å²) in [6.07, 6.45) is -1.74. The van der Waals surface area contributed by atoms with Gasteiger partial charge in [0.05, 0.1) is 0 Å². The molecule has 114 valence electrons. The molecular weight excluding hydrogens is 297 g/mol. The molecule has 0 atom stereocenters. The zero-order valence-corrected chi connectivity index (χ0v) is 11.2. The fraction of sp³-hybridized carbons (Fsp3) is 0.143. The van der Waals surface area contributed by atoms with Crippen LogP contribution in [0, 0.1) is 0 Å². The number of fused-ring (bicyclic) bond motifs is 1. The zero-order chi connectivity index (χ0) is 15.9. The molecule has 0 aliphatic heterocycles. The minimum atomic E-state index is -4.62. The Morgan fingerprint density at radius 3 is 2.77 bits per heavy atom. The molecule has 1 aromatic carbocycles. The summed E-state index contributed by atoms with van der Waals surface area (Å²) in [4.78, 5) is 13.8. The predicted octanol–water partition coefficient (Wildman–Crippen LogP) is 2.54. The number of H-pyrrole nitrogens is 1. The summed E-state index contributed by atoms with van der Waals surface area (Å²) >= 11 is 0. The van der Waals surface area contributed by atoms with Crippen LogP contribution < -0.4 is 5.73 Å². The van der Waals surface area contributed by atoms with Crippen molar-refractivity contribution < 1.29 is 18.0 Å². The molecule has 3 aromatic rings. The van der Waals surface area contributed by atoms with Crippen molar-refractivity contribution in [1.82, 2.24) is 14.8 Å². The van der Waals surface area contributed by atoms with Gasteiger partial charge in [-0.25, -0.2) is 0 Å². The lowest BCUT2D eigenvalue weighted by Crippen LogP contribution is -2.19. The van der Waals surface area contributed by atoms with Crippen LogP contribution in [0.15, 0.2) is 36.7 Å². The lowest BCUT2D eigenvalue weighted by molar-refractivity contribution is -0.141. The van der Waals surface area contributed by atoms with Crippen molar-refractivity contribution in [3.05, 3.63) is 42.4 Å². The van der Waals surface area contributed by atoms with E-state index in [0.29, 0.717) is 11.1 Å². The second kappa shape index (κ2) is 4.90. The van der Waals surface area contributed by atoms with Crippen LogP contribution in [0.3, 0.4) is 0 Å². The van der Waals surface area contributed by atoms with E-state index >= 15 is 0 Å². The topological polar surface area (TPSA) is 76.7 Å². The third kappa shape index (κ3) is 2.54. The van der Waals surface area contributed by atoms with Gasteiger partial charge < -0.3 is 10.7 Å². The largest absolute Gasteiger partial charge is 0.435 e. The number of aromatic amines is 1. The van der Waals surface area contributed by atoms with Gasteiger partial charge in [-0.15, -0.1) is 0 Å². The SMILES string of the molecule is NC(=O)Cn1cc(-c2ccc3cc[nH]c3c2)c(C(F)(F)F)n1. The van der Waals surface area contributed by atoms with E-state index in [2.05, 4.69) is 10.1 Å². The van der Waals surface area contributed by atoms with Gasteiger partial charge in [0.1, 0.15) is 6.54 Å². The molecule has 8 heteroatoms. The highest BCUT2D eigenvalue weighted by Gasteiger charge is 2.37. The molecule has 3 rings (SSSR count). The second-order valence-electron chi connectivity index (χ2n) is 4.83. The summed E-state index contributed by atoms with van der Waals surface area (Å²) in [6, 6.07) is 6.72. The van der Waals surface area contributed by atoms with Gasteiger partial charge >= 0.3 is 6.18 Å². The fourth-order valence-corrected chi connectivity index (χ4v) is 2.30. The van der Waals surface area contributed by atoms with Gasteiger partial charge in [-0.1, -0.05) is 12.1 Å². The van der Waals surface area contributed by atoms with Gasteiger partial charge in [0.25, 0.3) is 0 Å². The highest BCUT2D eigenvalue weighted by atomic mass is 19.4. The van der Waals surface area contributed by atoms with Crippen LogP contribution in [0.2, 0.25) is 0 Å². The second-order valence-corrected chi connectivity index (χ2v) is 4.83. The maximum atomic E-state index is 13.1. The number of rotatable bonds is 3. The number of hydrogen-bond donors (Lipinski definition) is 2. The molecule has 22 heavy (non-hydrogen) atoms. The molecule has 2 aromatic heterocycles.